The van der Waals surface area contributed by atoms with E-state index in [0.717, 1.165) is 27.9 Å². The number of thioether (sulfide) groups is 1. The van der Waals surface area contributed by atoms with Crippen LogP contribution in [0.3, 0.4) is 0 Å². The maximum absolute atomic E-state index is 12.3. The monoisotopic (exact) mass is 512 g/mol. The van der Waals surface area contributed by atoms with E-state index in [1.165, 1.54) is 12.1 Å². The van der Waals surface area contributed by atoms with Gasteiger partial charge in [0, 0.05) is 16.1 Å². The van der Waals surface area contributed by atoms with Gasteiger partial charge in [0.05, 0.1) is 21.7 Å². The average molecular weight is 513 g/mol. The lowest BCUT2D eigenvalue weighted by Crippen LogP contribution is -2.19. The van der Waals surface area contributed by atoms with Crippen LogP contribution in [0.2, 0.25) is 0 Å². The van der Waals surface area contributed by atoms with Gasteiger partial charge in [-0.25, -0.2) is 14.6 Å². The van der Waals surface area contributed by atoms with Crippen LogP contribution in [0, 0.1) is 0 Å². The maximum Gasteiger partial charge on any atom is 0.335 e. The fraction of sp³-hybridized carbons (Fsp3) is 0. The van der Waals surface area contributed by atoms with E-state index >= 15 is 0 Å². The van der Waals surface area contributed by atoms with Gasteiger partial charge in [0.25, 0.3) is 5.91 Å². The Morgan fingerprint density at radius 2 is 1.66 bits per heavy atom. The molecule has 0 saturated carbocycles. The van der Waals surface area contributed by atoms with Crippen molar-refractivity contribution >= 4 is 62.5 Å². The number of rotatable bonds is 5. The van der Waals surface area contributed by atoms with Crippen molar-refractivity contribution in [2.45, 2.75) is 0 Å². The molecule has 1 aliphatic rings. The van der Waals surface area contributed by atoms with Crippen molar-refractivity contribution in [2.24, 2.45) is 4.99 Å². The van der Waals surface area contributed by atoms with Crippen LogP contribution in [0.15, 0.2) is 73.4 Å². The van der Waals surface area contributed by atoms with E-state index in [-0.39, 0.29) is 22.0 Å². The number of amides is 1. The van der Waals surface area contributed by atoms with E-state index in [2.05, 4.69) is 26.2 Å². The lowest BCUT2D eigenvalue weighted by molar-refractivity contribution is -0.115. The second kappa shape index (κ2) is 8.85. The molecule has 0 aliphatic carbocycles. The zero-order valence-electron chi connectivity index (χ0n) is 16.0. The van der Waals surface area contributed by atoms with Gasteiger partial charge in [-0.3, -0.25) is 4.79 Å². The Morgan fingerprint density at radius 3 is 2.28 bits per heavy atom. The van der Waals surface area contributed by atoms with Gasteiger partial charge in [0.1, 0.15) is 11.5 Å². The predicted octanol–water partition coefficient (Wildman–Crippen LogP) is 5.00. The molecule has 1 aliphatic heterocycles. The molecule has 1 aromatic heterocycles. The van der Waals surface area contributed by atoms with E-state index in [1.54, 1.807) is 18.2 Å². The summed E-state index contributed by atoms with van der Waals surface area (Å²) in [4.78, 5) is 39.4. The molecule has 1 amide bonds. The van der Waals surface area contributed by atoms with Crippen molar-refractivity contribution in [3.63, 3.8) is 0 Å². The van der Waals surface area contributed by atoms with Crippen LogP contribution in [0.4, 0.5) is 5.69 Å². The van der Waals surface area contributed by atoms with Gasteiger partial charge in [-0.05, 0) is 54.2 Å². The number of aliphatic imine (C=N–C) groups is 1. The van der Waals surface area contributed by atoms with Gasteiger partial charge < -0.3 is 19.9 Å². The molecule has 0 spiro atoms. The molecular formula is C22H13BrN2O6S. The molecule has 4 rings (SSSR count). The predicted molar refractivity (Wildman–Crippen MR) is 123 cm³/mol. The van der Waals surface area contributed by atoms with Crippen LogP contribution in [0.25, 0.3) is 17.4 Å². The number of aromatic carboxylic acids is 2. The first kappa shape index (κ1) is 21.6. The van der Waals surface area contributed by atoms with Crippen LogP contribution in [-0.2, 0) is 4.79 Å². The van der Waals surface area contributed by atoms with E-state index in [0.29, 0.717) is 16.4 Å². The summed E-state index contributed by atoms with van der Waals surface area (Å²) in [5, 5.41) is 21.1. The molecule has 3 N–H and O–H groups in total. The Hall–Kier alpha value is -3.63. The number of furan rings is 1. The molecule has 10 heteroatoms. The lowest BCUT2D eigenvalue weighted by Gasteiger charge is -2.02. The Morgan fingerprint density at radius 1 is 1.00 bits per heavy atom. The van der Waals surface area contributed by atoms with Crippen LogP contribution in [0.5, 0.6) is 0 Å². The summed E-state index contributed by atoms with van der Waals surface area (Å²) in [6, 6.07) is 14.6. The van der Waals surface area contributed by atoms with E-state index in [1.807, 2.05) is 24.3 Å². The summed E-state index contributed by atoms with van der Waals surface area (Å²) in [7, 11) is 0. The second-order valence-electron chi connectivity index (χ2n) is 6.57. The fourth-order valence-electron chi connectivity index (χ4n) is 2.85. The number of halogens is 1. The van der Waals surface area contributed by atoms with Gasteiger partial charge in [-0.2, -0.15) is 0 Å². The Balaban J connectivity index is 1.58. The molecule has 32 heavy (non-hydrogen) atoms. The highest BCUT2D eigenvalue weighted by Crippen LogP contribution is 2.31. The molecule has 2 aromatic carbocycles. The molecular weight excluding hydrogens is 500 g/mol. The molecule has 1 fully saturated rings. The Kier molecular flexibility index (Phi) is 5.97. The van der Waals surface area contributed by atoms with Gasteiger partial charge in [0.2, 0.25) is 0 Å². The number of carboxylic acid groups (broad SMARTS) is 2. The number of nitrogens with zero attached hydrogens (tertiary/aromatic N) is 1. The van der Waals surface area contributed by atoms with E-state index in [4.69, 9.17) is 4.42 Å². The molecule has 3 aromatic rings. The summed E-state index contributed by atoms with van der Waals surface area (Å²) < 4.78 is 6.75. The number of benzene rings is 2. The number of carbonyl (C=O) groups excluding carboxylic acids is 1. The topological polar surface area (TPSA) is 129 Å². The number of amidine groups is 1. The highest BCUT2D eigenvalue weighted by atomic mass is 79.9. The molecule has 0 radical (unpaired) electrons. The summed E-state index contributed by atoms with van der Waals surface area (Å²) in [5.41, 5.74) is 0.550. The standard InChI is InChI=1S/C22H13BrN2O6S/c23-14-3-1-11(2-4-14)17-6-5-16(31-17)10-18-19(26)25-22(32-18)24-15-8-12(20(27)28)7-13(9-15)21(29)30/h1-10H,(H,27,28)(H,29,30)(H,24,25,26)/b18-10+. The van der Waals surface area contributed by atoms with Crippen molar-refractivity contribution in [3.05, 3.63) is 80.9 Å². The summed E-state index contributed by atoms with van der Waals surface area (Å²) in [6.07, 6.45) is 1.57. The quantitative estimate of drug-likeness (QED) is 0.410. The van der Waals surface area contributed by atoms with Crippen molar-refractivity contribution in [1.29, 1.82) is 0 Å². The van der Waals surface area contributed by atoms with Gasteiger partial charge in [-0.15, -0.1) is 0 Å². The van der Waals surface area contributed by atoms with Gasteiger partial charge >= 0.3 is 11.9 Å². The molecule has 2 heterocycles. The minimum absolute atomic E-state index is 0.0990. The molecule has 1 saturated heterocycles. The van der Waals surface area contributed by atoms with Gasteiger partial charge in [0.15, 0.2) is 5.17 Å². The van der Waals surface area contributed by atoms with Crippen LogP contribution < -0.4 is 5.32 Å². The normalized spacial score (nSPS) is 15.8. The molecule has 160 valence electrons. The smallest absolute Gasteiger partial charge is 0.335 e. The number of carbonyl (C=O) groups is 3. The average Bonchev–Trinajstić information content (AvgIpc) is 3.35. The van der Waals surface area contributed by atoms with E-state index in [9.17, 15) is 24.6 Å². The molecule has 0 unspecified atom stereocenters. The van der Waals surface area contributed by atoms with Crippen LogP contribution >= 0.6 is 27.7 Å². The summed E-state index contributed by atoms with van der Waals surface area (Å²) in [6.45, 7) is 0. The first-order valence-corrected chi connectivity index (χ1v) is 10.7. The SMILES string of the molecule is O=C1NC(=Nc2cc(C(=O)O)cc(C(=O)O)c2)S/C1=C/c1ccc(-c2ccc(Br)cc2)o1. The van der Waals surface area contributed by atoms with Crippen molar-refractivity contribution in [3.8, 4) is 11.3 Å². The van der Waals surface area contributed by atoms with Gasteiger partial charge in [-0.1, -0.05) is 28.1 Å². The molecule has 0 bridgehead atoms. The zero-order chi connectivity index (χ0) is 22.8. The first-order chi connectivity index (χ1) is 15.3. The fourth-order valence-corrected chi connectivity index (χ4v) is 3.94. The van der Waals surface area contributed by atoms with E-state index < -0.39 is 17.8 Å². The summed E-state index contributed by atoms with van der Waals surface area (Å²) in [5.74, 6) is -1.84. The number of nitrogens with one attached hydrogen (secondary N) is 1. The lowest BCUT2D eigenvalue weighted by atomic mass is 10.1. The third-order valence-corrected chi connectivity index (χ3v) is 5.76. The zero-order valence-corrected chi connectivity index (χ0v) is 18.4. The number of carboxylic acids is 2. The van der Waals surface area contributed by atoms with Crippen molar-refractivity contribution in [1.82, 2.24) is 5.32 Å². The van der Waals surface area contributed by atoms with Crippen LogP contribution in [-0.4, -0.2) is 33.2 Å². The Labute approximate surface area is 193 Å². The number of hydrogen-bond acceptors (Lipinski definition) is 6. The highest BCUT2D eigenvalue weighted by Gasteiger charge is 2.25. The minimum Gasteiger partial charge on any atom is -0.478 e. The third kappa shape index (κ3) is 4.82. The number of hydrogen-bond donors (Lipinski definition) is 3. The molecule has 0 atom stereocenters. The maximum atomic E-state index is 12.3. The minimum atomic E-state index is -1.28. The molecule has 8 nitrogen and oxygen atoms in total. The Bertz CT molecular complexity index is 1280. The second-order valence-corrected chi connectivity index (χ2v) is 8.52. The van der Waals surface area contributed by atoms with Crippen LogP contribution in [0.1, 0.15) is 26.5 Å². The highest BCUT2D eigenvalue weighted by molar-refractivity contribution is 9.10. The van der Waals surface area contributed by atoms with Crippen molar-refractivity contribution in [2.75, 3.05) is 0 Å². The largest absolute Gasteiger partial charge is 0.478 e. The third-order valence-electron chi connectivity index (χ3n) is 4.32. The summed E-state index contributed by atoms with van der Waals surface area (Å²) >= 11 is 4.42. The first-order valence-electron chi connectivity index (χ1n) is 9.05. The van der Waals surface area contributed by atoms with Crippen molar-refractivity contribution < 1.29 is 29.0 Å².